The minimum Gasteiger partial charge on any atom is -0.298 e. The van der Waals surface area contributed by atoms with Crippen molar-refractivity contribution < 1.29 is 12.6 Å². The third kappa shape index (κ3) is 5.29. The molecule has 4 aliphatic rings. The van der Waals surface area contributed by atoms with Crippen molar-refractivity contribution in [1.29, 1.82) is 0 Å². The van der Waals surface area contributed by atoms with E-state index in [2.05, 4.69) is 86.3 Å². The van der Waals surface area contributed by atoms with E-state index in [4.69, 9.17) is 4.18 Å². The van der Waals surface area contributed by atoms with E-state index in [1.54, 1.807) is 12.1 Å². The van der Waals surface area contributed by atoms with E-state index in [1.165, 1.54) is 30.4 Å². The predicted molar refractivity (Wildman–Crippen MR) is 161 cm³/mol. The molecule has 7 rings (SSSR count). The first-order chi connectivity index (χ1) is 19.2. The molecule has 5 heteroatoms. The average molecular weight is 558 g/mol. The van der Waals surface area contributed by atoms with E-state index in [9.17, 15) is 8.42 Å². The van der Waals surface area contributed by atoms with Gasteiger partial charge in [0.05, 0.1) is 11.0 Å². The number of hydrogen-bond acceptors (Lipinski definition) is 4. The SMILES string of the molecule is CC(C)(C)c1ccc(S(=O)(=O)O[C@@H]2CC3(N4CCCCC4)C[C@@H](c4ccccc4)C2[C@H](c2ccccc2)C3)cc1. The lowest BCUT2D eigenvalue weighted by Gasteiger charge is -2.62. The van der Waals surface area contributed by atoms with Gasteiger partial charge in [-0.2, -0.15) is 8.42 Å². The van der Waals surface area contributed by atoms with Crippen LogP contribution in [0.4, 0.5) is 0 Å². The van der Waals surface area contributed by atoms with Crippen LogP contribution in [0.3, 0.4) is 0 Å². The highest BCUT2D eigenvalue weighted by Gasteiger charge is 2.59. The van der Waals surface area contributed by atoms with Gasteiger partial charge in [-0.25, -0.2) is 0 Å². The Bertz CT molecular complexity index is 1340. The lowest BCUT2D eigenvalue weighted by atomic mass is 9.51. The summed E-state index contributed by atoms with van der Waals surface area (Å²) in [5, 5.41) is 0. The first-order valence-corrected chi connectivity index (χ1v) is 16.5. The molecule has 1 heterocycles. The molecule has 0 N–H and O–H groups in total. The van der Waals surface area contributed by atoms with Crippen molar-refractivity contribution in [2.24, 2.45) is 5.92 Å². The van der Waals surface area contributed by atoms with Crippen molar-refractivity contribution in [3.8, 4) is 0 Å². The average Bonchev–Trinajstić information content (AvgIpc) is 2.98. The van der Waals surface area contributed by atoms with Crippen LogP contribution in [0.1, 0.15) is 87.8 Å². The molecule has 3 aliphatic carbocycles. The number of rotatable bonds is 6. The summed E-state index contributed by atoms with van der Waals surface area (Å²) in [4.78, 5) is 2.96. The summed E-state index contributed by atoms with van der Waals surface area (Å²) in [5.74, 6) is 0.554. The lowest BCUT2D eigenvalue weighted by Crippen LogP contribution is -2.64. The van der Waals surface area contributed by atoms with Crippen LogP contribution >= 0.6 is 0 Å². The molecule has 1 aliphatic heterocycles. The molecule has 212 valence electrons. The minimum atomic E-state index is -3.93. The molecule has 0 radical (unpaired) electrons. The monoisotopic (exact) mass is 557 g/mol. The number of piperidine rings is 1. The third-order valence-electron chi connectivity index (χ3n) is 9.88. The molecule has 3 aromatic carbocycles. The number of fused-ring (bicyclic) bond motifs is 3. The van der Waals surface area contributed by atoms with E-state index >= 15 is 0 Å². The summed E-state index contributed by atoms with van der Waals surface area (Å²) in [6.45, 7) is 8.58. The largest absolute Gasteiger partial charge is 0.298 e. The van der Waals surface area contributed by atoms with Crippen molar-refractivity contribution in [3.63, 3.8) is 0 Å². The highest BCUT2D eigenvalue weighted by molar-refractivity contribution is 7.86. The fourth-order valence-corrected chi connectivity index (χ4v) is 9.03. The Balaban J connectivity index is 1.42. The van der Waals surface area contributed by atoms with E-state index in [-0.39, 0.29) is 39.7 Å². The Morgan fingerprint density at radius 2 is 1.25 bits per heavy atom. The second-order valence-corrected chi connectivity index (χ2v) is 14.9. The molecule has 0 amide bonds. The minimum absolute atomic E-state index is 0.0433. The van der Waals surface area contributed by atoms with Crippen LogP contribution in [0, 0.1) is 5.92 Å². The Morgan fingerprint density at radius 1 is 0.725 bits per heavy atom. The summed E-state index contributed by atoms with van der Waals surface area (Å²) in [7, 11) is -3.93. The lowest BCUT2D eigenvalue weighted by molar-refractivity contribution is -0.0992. The van der Waals surface area contributed by atoms with Crippen LogP contribution in [0.25, 0.3) is 0 Å². The molecule has 0 unspecified atom stereocenters. The fourth-order valence-electron chi connectivity index (χ4n) is 7.92. The van der Waals surface area contributed by atoms with Gasteiger partial charge in [0, 0.05) is 11.5 Å². The van der Waals surface area contributed by atoms with Gasteiger partial charge in [0.25, 0.3) is 10.1 Å². The van der Waals surface area contributed by atoms with Crippen LogP contribution < -0.4 is 0 Å². The molecular weight excluding hydrogens is 514 g/mol. The van der Waals surface area contributed by atoms with Crippen molar-refractivity contribution in [3.05, 3.63) is 102 Å². The summed E-state index contributed by atoms with van der Waals surface area (Å²) >= 11 is 0. The molecule has 4 fully saturated rings. The van der Waals surface area contributed by atoms with Crippen LogP contribution in [-0.2, 0) is 19.7 Å². The molecule has 2 bridgehead atoms. The number of benzene rings is 3. The molecule has 1 saturated heterocycles. The zero-order chi connectivity index (χ0) is 28.0. The number of likely N-dealkylation sites (tertiary alicyclic amines) is 1. The first-order valence-electron chi connectivity index (χ1n) is 15.1. The van der Waals surface area contributed by atoms with Crippen molar-refractivity contribution in [1.82, 2.24) is 4.90 Å². The number of nitrogens with zero attached hydrogens (tertiary/aromatic N) is 1. The summed E-state index contributed by atoms with van der Waals surface area (Å²) in [5.41, 5.74) is 3.59. The molecule has 3 atom stereocenters. The molecule has 3 saturated carbocycles. The summed E-state index contributed by atoms with van der Waals surface area (Å²) < 4.78 is 34.1. The van der Waals surface area contributed by atoms with Gasteiger partial charge < -0.3 is 0 Å². The van der Waals surface area contributed by atoms with Gasteiger partial charge in [0.15, 0.2) is 0 Å². The summed E-state index contributed by atoms with van der Waals surface area (Å²) in [6.07, 6.45) is 6.20. The van der Waals surface area contributed by atoms with Gasteiger partial charge in [-0.05, 0) is 91.3 Å². The van der Waals surface area contributed by atoms with Crippen molar-refractivity contribution >= 4 is 10.1 Å². The van der Waals surface area contributed by atoms with Gasteiger partial charge >= 0.3 is 0 Å². The predicted octanol–water partition coefficient (Wildman–Crippen LogP) is 7.66. The van der Waals surface area contributed by atoms with Gasteiger partial charge in [0.2, 0.25) is 0 Å². The maximum Gasteiger partial charge on any atom is 0.297 e. The fraction of sp³-hybridized carbons (Fsp3) is 0.486. The van der Waals surface area contributed by atoms with Gasteiger partial charge in [0.1, 0.15) is 0 Å². The Kier molecular flexibility index (Phi) is 7.43. The molecule has 4 nitrogen and oxygen atoms in total. The molecular formula is C35H43NO3S. The Labute approximate surface area is 240 Å². The molecule has 40 heavy (non-hydrogen) atoms. The zero-order valence-electron chi connectivity index (χ0n) is 24.1. The van der Waals surface area contributed by atoms with Gasteiger partial charge in [-0.15, -0.1) is 0 Å². The third-order valence-corrected chi connectivity index (χ3v) is 11.2. The quantitative estimate of drug-likeness (QED) is 0.292. The maximum absolute atomic E-state index is 13.9. The van der Waals surface area contributed by atoms with E-state index in [0.29, 0.717) is 0 Å². The maximum atomic E-state index is 13.9. The van der Waals surface area contributed by atoms with E-state index < -0.39 is 10.1 Å². The van der Waals surface area contributed by atoms with Crippen LogP contribution in [0.15, 0.2) is 89.8 Å². The van der Waals surface area contributed by atoms with Crippen LogP contribution in [0.2, 0.25) is 0 Å². The Morgan fingerprint density at radius 3 is 1.75 bits per heavy atom. The topological polar surface area (TPSA) is 46.6 Å². The summed E-state index contributed by atoms with van der Waals surface area (Å²) in [6, 6.07) is 28.8. The number of hydrogen-bond donors (Lipinski definition) is 0. The van der Waals surface area contributed by atoms with Gasteiger partial charge in [-0.1, -0.05) is 100.0 Å². The Hall–Kier alpha value is -2.47. The highest BCUT2D eigenvalue weighted by atomic mass is 32.2. The normalized spacial score (nSPS) is 29.4. The molecule has 3 aromatic rings. The molecule has 0 spiro atoms. The second kappa shape index (κ2) is 10.7. The van der Waals surface area contributed by atoms with Crippen molar-refractivity contribution in [2.45, 2.75) is 93.1 Å². The smallest absolute Gasteiger partial charge is 0.297 e. The van der Waals surface area contributed by atoms with Crippen molar-refractivity contribution in [2.75, 3.05) is 13.1 Å². The molecule has 0 aromatic heterocycles. The first kappa shape index (κ1) is 27.7. The van der Waals surface area contributed by atoms with Crippen LogP contribution in [-0.4, -0.2) is 38.1 Å². The zero-order valence-corrected chi connectivity index (χ0v) is 24.9. The van der Waals surface area contributed by atoms with E-state index in [1.807, 2.05) is 12.1 Å². The van der Waals surface area contributed by atoms with Gasteiger partial charge in [-0.3, -0.25) is 9.08 Å². The standard InChI is InChI=1S/C35H43NO3S/c1-34(2,3)28-17-19-29(20-18-28)40(37,38)39-32-25-35(36-21-11-6-12-22-36)23-30(26-13-7-4-8-14-26)33(32)31(24-35)27-15-9-5-10-16-27/h4-5,7-10,13-20,30-33H,6,11-12,21-25H2,1-3H3/t30-,31-,32+,33?,35?/m0/s1. The second-order valence-electron chi connectivity index (χ2n) is 13.4. The van der Waals surface area contributed by atoms with E-state index in [0.717, 1.165) is 37.9 Å². The van der Waals surface area contributed by atoms with Crippen LogP contribution in [0.5, 0.6) is 0 Å². The highest BCUT2D eigenvalue weighted by Crippen LogP contribution is 2.61.